The summed E-state index contributed by atoms with van der Waals surface area (Å²) in [7, 11) is 0. The summed E-state index contributed by atoms with van der Waals surface area (Å²) in [6, 6.07) is 7.85. The van der Waals surface area contributed by atoms with Crippen molar-refractivity contribution in [2.75, 3.05) is 0 Å². The van der Waals surface area contributed by atoms with Crippen LogP contribution in [0.1, 0.15) is 16.1 Å². The van der Waals surface area contributed by atoms with Crippen LogP contribution in [0.15, 0.2) is 48.5 Å². The van der Waals surface area contributed by atoms with E-state index in [4.69, 9.17) is 0 Å². The van der Waals surface area contributed by atoms with E-state index in [0.717, 1.165) is 17.7 Å². The molecule has 0 saturated heterocycles. The fourth-order valence-electron chi connectivity index (χ4n) is 3.14. The summed E-state index contributed by atoms with van der Waals surface area (Å²) in [6.45, 7) is 1.78. The summed E-state index contributed by atoms with van der Waals surface area (Å²) in [6.07, 6.45) is -9.20. The van der Waals surface area contributed by atoms with Crippen molar-refractivity contribution in [1.82, 2.24) is 4.98 Å². The van der Waals surface area contributed by atoms with E-state index in [1.807, 2.05) is 0 Å². The minimum atomic E-state index is -5.28. The molecule has 11 heteroatoms. The number of aromatic nitrogens is 1. The number of aryl methyl sites for hydroxylation is 1. The van der Waals surface area contributed by atoms with E-state index in [1.165, 1.54) is 0 Å². The van der Waals surface area contributed by atoms with Crippen molar-refractivity contribution in [3.8, 4) is 16.9 Å². The van der Waals surface area contributed by atoms with E-state index >= 15 is 0 Å². The molecule has 0 saturated carbocycles. The van der Waals surface area contributed by atoms with E-state index < -0.39 is 57.2 Å². The third-order valence-corrected chi connectivity index (χ3v) is 5.69. The van der Waals surface area contributed by atoms with Gasteiger partial charge in [0.2, 0.25) is 5.01 Å². The molecule has 0 aliphatic rings. The molecule has 2 nitrogen and oxygen atoms in total. The van der Waals surface area contributed by atoms with Crippen LogP contribution < -0.4 is 4.74 Å². The Labute approximate surface area is 185 Å². The molecule has 33 heavy (non-hydrogen) atoms. The predicted octanol–water partition coefficient (Wildman–Crippen LogP) is 7.84. The first-order chi connectivity index (χ1) is 15.3. The Balaban J connectivity index is 1.63. The monoisotopic (exact) mass is 489 g/mol. The molecule has 0 fully saturated rings. The second kappa shape index (κ2) is 7.98. The summed E-state index contributed by atoms with van der Waals surface area (Å²) < 4.78 is 115. The average molecular weight is 489 g/mol. The van der Waals surface area contributed by atoms with Crippen molar-refractivity contribution in [2.45, 2.75) is 19.2 Å². The number of alkyl halides is 5. The molecule has 1 heterocycles. The Hall–Kier alpha value is -3.21. The molecule has 4 aromatic rings. The van der Waals surface area contributed by atoms with Gasteiger partial charge in [0.1, 0.15) is 28.8 Å². The second-order valence-corrected chi connectivity index (χ2v) is 8.09. The van der Waals surface area contributed by atoms with Crippen LogP contribution in [-0.2, 0) is 12.3 Å². The van der Waals surface area contributed by atoms with E-state index in [-0.39, 0.29) is 0 Å². The number of nitrogens with zero attached hydrogens (tertiary/aromatic N) is 1. The summed E-state index contributed by atoms with van der Waals surface area (Å²) in [5.74, 6) is -5.73. The van der Waals surface area contributed by atoms with Gasteiger partial charge in [0.15, 0.2) is 0 Å². The van der Waals surface area contributed by atoms with Crippen molar-refractivity contribution in [1.29, 1.82) is 0 Å². The maximum atomic E-state index is 14.6. The molecule has 3 aromatic carbocycles. The van der Waals surface area contributed by atoms with Crippen LogP contribution in [0.4, 0.5) is 35.1 Å². The van der Waals surface area contributed by atoms with Crippen molar-refractivity contribution in [3.63, 3.8) is 0 Å². The van der Waals surface area contributed by atoms with E-state index in [0.29, 0.717) is 39.8 Å². The minimum Gasteiger partial charge on any atom is -0.427 e. The molecule has 0 radical (unpaired) electrons. The highest BCUT2D eigenvalue weighted by Crippen LogP contribution is 2.39. The van der Waals surface area contributed by atoms with Crippen LogP contribution in [0.5, 0.6) is 5.75 Å². The van der Waals surface area contributed by atoms with Crippen LogP contribution in [0.3, 0.4) is 0 Å². The Morgan fingerprint density at radius 1 is 0.818 bits per heavy atom. The first-order valence-corrected chi connectivity index (χ1v) is 9.97. The van der Waals surface area contributed by atoms with Gasteiger partial charge in [-0.2, -0.15) is 22.0 Å². The molecule has 0 aliphatic carbocycles. The largest absolute Gasteiger partial charge is 0.454 e. The van der Waals surface area contributed by atoms with Gasteiger partial charge >= 0.3 is 12.3 Å². The standard InChI is InChI=1S/C22H11F8NOS/c1-10-2-5-17-18(6-10)33-20(31-17)22(29,30)32-12-3-4-13(14(23)9-12)11-7-15(24)19(16(25)8-11)21(26,27)28/h2-9H,1H3. The fourth-order valence-corrected chi connectivity index (χ4v) is 4.12. The Morgan fingerprint density at radius 3 is 2.09 bits per heavy atom. The molecule has 4 rings (SSSR count). The lowest BCUT2D eigenvalue weighted by Gasteiger charge is -2.16. The van der Waals surface area contributed by atoms with Gasteiger partial charge in [0.05, 0.1) is 10.2 Å². The van der Waals surface area contributed by atoms with Crippen molar-refractivity contribution in [2.24, 2.45) is 0 Å². The van der Waals surface area contributed by atoms with Gasteiger partial charge in [-0.05, 0) is 54.4 Å². The summed E-state index contributed by atoms with van der Waals surface area (Å²) in [4.78, 5) is 3.83. The lowest BCUT2D eigenvalue weighted by Crippen LogP contribution is -2.21. The molecule has 0 unspecified atom stereocenters. The van der Waals surface area contributed by atoms with Crippen molar-refractivity contribution >= 4 is 21.6 Å². The Kier molecular flexibility index (Phi) is 5.55. The zero-order chi connectivity index (χ0) is 24.1. The van der Waals surface area contributed by atoms with E-state index in [2.05, 4.69) is 9.72 Å². The first kappa shape index (κ1) is 23.0. The highest BCUT2D eigenvalue weighted by atomic mass is 32.1. The minimum absolute atomic E-state index is 0.308. The second-order valence-electron chi connectivity index (χ2n) is 7.06. The van der Waals surface area contributed by atoms with Crippen LogP contribution in [0.2, 0.25) is 0 Å². The highest BCUT2D eigenvalue weighted by Gasteiger charge is 2.40. The van der Waals surface area contributed by atoms with Gasteiger partial charge in [0, 0.05) is 11.6 Å². The topological polar surface area (TPSA) is 22.1 Å². The number of hydrogen-bond acceptors (Lipinski definition) is 3. The maximum Gasteiger partial charge on any atom is 0.454 e. The van der Waals surface area contributed by atoms with Gasteiger partial charge in [-0.15, -0.1) is 11.3 Å². The lowest BCUT2D eigenvalue weighted by molar-refractivity contribution is -0.185. The smallest absolute Gasteiger partial charge is 0.427 e. The fraction of sp³-hybridized carbons (Fsp3) is 0.136. The van der Waals surface area contributed by atoms with Gasteiger partial charge in [-0.25, -0.2) is 18.2 Å². The number of halogens is 8. The zero-order valence-corrected chi connectivity index (χ0v) is 17.2. The number of ether oxygens (including phenoxy) is 1. The molecule has 0 amide bonds. The summed E-state index contributed by atoms with van der Waals surface area (Å²) in [5, 5.41) is -0.667. The maximum absolute atomic E-state index is 14.6. The van der Waals surface area contributed by atoms with Gasteiger partial charge < -0.3 is 4.74 Å². The van der Waals surface area contributed by atoms with E-state index in [1.54, 1.807) is 25.1 Å². The molecular formula is C22H11F8NOS. The zero-order valence-electron chi connectivity index (χ0n) is 16.4. The number of fused-ring (bicyclic) bond motifs is 1. The third kappa shape index (κ3) is 4.50. The van der Waals surface area contributed by atoms with E-state index in [9.17, 15) is 35.1 Å². The van der Waals surface area contributed by atoms with Gasteiger partial charge in [0.25, 0.3) is 0 Å². The summed E-state index contributed by atoms with van der Waals surface area (Å²) in [5.41, 5.74) is -1.99. The number of benzene rings is 3. The molecule has 0 aliphatic heterocycles. The molecule has 1 aromatic heterocycles. The Bertz CT molecular complexity index is 1340. The summed E-state index contributed by atoms with van der Waals surface area (Å²) >= 11 is 0.693. The normalized spacial score (nSPS) is 12.4. The van der Waals surface area contributed by atoms with Crippen molar-refractivity contribution < 1.29 is 39.9 Å². The van der Waals surface area contributed by atoms with Gasteiger partial charge in [-0.3, -0.25) is 0 Å². The first-order valence-electron chi connectivity index (χ1n) is 9.16. The highest BCUT2D eigenvalue weighted by molar-refractivity contribution is 7.18. The SMILES string of the molecule is Cc1ccc2nc(C(F)(F)Oc3ccc(-c4cc(F)c(C(F)(F)F)c(F)c4)c(F)c3)sc2c1. The molecule has 0 N–H and O–H groups in total. The number of hydrogen-bond donors (Lipinski definition) is 0. The molecule has 0 atom stereocenters. The van der Waals surface area contributed by atoms with Gasteiger partial charge in [-0.1, -0.05) is 6.07 Å². The molecule has 0 spiro atoms. The number of rotatable bonds is 4. The van der Waals surface area contributed by atoms with Crippen LogP contribution in [0, 0.1) is 24.4 Å². The third-order valence-electron chi connectivity index (χ3n) is 4.62. The molecular weight excluding hydrogens is 478 g/mol. The lowest BCUT2D eigenvalue weighted by atomic mass is 10.0. The number of thiazole rings is 1. The van der Waals surface area contributed by atoms with Crippen LogP contribution >= 0.6 is 11.3 Å². The van der Waals surface area contributed by atoms with Crippen LogP contribution in [0.25, 0.3) is 21.3 Å². The van der Waals surface area contributed by atoms with Crippen molar-refractivity contribution in [3.05, 3.63) is 82.1 Å². The Morgan fingerprint density at radius 2 is 1.48 bits per heavy atom. The molecule has 172 valence electrons. The quantitative estimate of drug-likeness (QED) is 0.273. The van der Waals surface area contributed by atoms with Crippen LogP contribution in [-0.4, -0.2) is 4.98 Å². The molecule has 0 bridgehead atoms. The average Bonchev–Trinajstić information content (AvgIpc) is 3.10. The predicted molar refractivity (Wildman–Crippen MR) is 106 cm³/mol.